The van der Waals surface area contributed by atoms with Gasteiger partial charge in [-0.15, -0.1) is 0 Å². The zero-order valence-electron chi connectivity index (χ0n) is 7.83. The minimum absolute atomic E-state index is 0.198. The fourth-order valence-corrected chi connectivity index (χ4v) is 0.563. The maximum atomic E-state index is 8.70. The summed E-state index contributed by atoms with van der Waals surface area (Å²) >= 11 is 0. The molecule has 0 aromatic heterocycles. The molecule has 0 aliphatic carbocycles. The highest BCUT2D eigenvalue weighted by molar-refractivity contribution is 5.14. The number of nitrogens with zero attached hydrogens (tertiary/aromatic N) is 1. The first-order valence-electron chi connectivity index (χ1n) is 4.08. The van der Waals surface area contributed by atoms with E-state index in [2.05, 4.69) is 5.43 Å². The molecule has 1 heterocycles. The van der Waals surface area contributed by atoms with Crippen LogP contribution in [0.15, 0.2) is 24.0 Å². The van der Waals surface area contributed by atoms with Crippen molar-refractivity contribution in [3.63, 3.8) is 0 Å². The Kier molecular flexibility index (Phi) is 0.926. The summed E-state index contributed by atoms with van der Waals surface area (Å²) < 4.78 is 21.1. The number of rotatable bonds is 1. The van der Waals surface area contributed by atoms with Gasteiger partial charge in [-0.25, -0.2) is 0 Å². The lowest BCUT2D eigenvalue weighted by Crippen LogP contribution is -2.31. The van der Waals surface area contributed by atoms with Gasteiger partial charge < -0.3 is 10.5 Å². The molecular formula is C6H10N2O. The Balaban J connectivity index is 2.65. The van der Waals surface area contributed by atoms with E-state index in [-0.39, 0.29) is 6.61 Å². The van der Waals surface area contributed by atoms with Crippen molar-refractivity contribution in [2.75, 3.05) is 13.6 Å². The molecule has 9 heavy (non-hydrogen) atoms. The van der Waals surface area contributed by atoms with Gasteiger partial charge in [0.25, 0.3) is 0 Å². The van der Waals surface area contributed by atoms with Gasteiger partial charge in [-0.1, -0.05) is 0 Å². The van der Waals surface area contributed by atoms with E-state index in [1.54, 1.807) is 12.2 Å². The third-order valence-corrected chi connectivity index (χ3v) is 0.967. The maximum Gasteiger partial charge on any atom is 0.0845 e. The number of aliphatic hydroxyl groups is 1. The van der Waals surface area contributed by atoms with E-state index >= 15 is 0 Å². The summed E-state index contributed by atoms with van der Waals surface area (Å²) in [5, 5.41) is 9.67. The van der Waals surface area contributed by atoms with Crippen molar-refractivity contribution < 1.29 is 9.22 Å². The second kappa shape index (κ2) is 2.55. The molecule has 50 valence electrons. The Labute approximate surface area is 58.5 Å². The summed E-state index contributed by atoms with van der Waals surface area (Å²) in [5.41, 5.74) is 3.00. The van der Waals surface area contributed by atoms with Crippen LogP contribution in [0.1, 0.15) is 4.11 Å². The highest BCUT2D eigenvalue weighted by atomic mass is 16.3. The normalized spacial score (nSPS) is 23.4. The van der Waals surface area contributed by atoms with Gasteiger partial charge in [-0.2, -0.15) is 0 Å². The monoisotopic (exact) mass is 129 g/mol. The van der Waals surface area contributed by atoms with Crippen molar-refractivity contribution in [2.45, 2.75) is 0 Å². The number of hydrogen-bond donors (Lipinski definition) is 2. The first-order chi connectivity index (χ1) is 5.54. The van der Waals surface area contributed by atoms with Gasteiger partial charge in [-0.3, -0.25) is 5.01 Å². The van der Waals surface area contributed by atoms with Crippen LogP contribution in [0.3, 0.4) is 0 Å². The molecule has 1 aliphatic rings. The third-order valence-electron chi connectivity index (χ3n) is 0.967. The first kappa shape index (κ1) is 3.27. The zero-order valence-corrected chi connectivity index (χ0v) is 4.83. The second-order valence-electron chi connectivity index (χ2n) is 1.67. The number of allylic oxidation sites excluding steroid dienone is 2. The average molecular weight is 129 g/mol. The molecule has 3 heteroatoms. The molecule has 0 fully saturated rings. The summed E-state index contributed by atoms with van der Waals surface area (Å²) in [7, 11) is 0. The van der Waals surface area contributed by atoms with Crippen molar-refractivity contribution in [2.24, 2.45) is 0 Å². The summed E-state index contributed by atoms with van der Waals surface area (Å²) in [5.74, 6) is 0. The van der Waals surface area contributed by atoms with Gasteiger partial charge in [0.15, 0.2) is 0 Å². The maximum absolute atomic E-state index is 8.70. The fraction of sp³-hybridized carbons (Fsp3) is 0.333. The van der Waals surface area contributed by atoms with Crippen LogP contribution in [0.25, 0.3) is 0 Å². The van der Waals surface area contributed by atoms with Gasteiger partial charge >= 0.3 is 0 Å². The fourth-order valence-electron chi connectivity index (χ4n) is 0.563. The van der Waals surface area contributed by atoms with Crippen LogP contribution >= 0.6 is 0 Å². The van der Waals surface area contributed by atoms with Crippen LogP contribution in [0.4, 0.5) is 0 Å². The van der Waals surface area contributed by atoms with Gasteiger partial charge in [0.1, 0.15) is 0 Å². The second-order valence-corrected chi connectivity index (χ2v) is 1.67. The van der Waals surface area contributed by atoms with Gasteiger partial charge in [0.05, 0.1) is 12.3 Å². The molecule has 1 aliphatic heterocycles. The van der Waals surface area contributed by atoms with E-state index in [1.165, 1.54) is 6.20 Å². The largest absolute Gasteiger partial charge is 0.390 e. The molecule has 0 radical (unpaired) electrons. The van der Waals surface area contributed by atoms with Crippen LogP contribution < -0.4 is 5.43 Å². The van der Waals surface area contributed by atoms with Crippen molar-refractivity contribution >= 4 is 0 Å². The van der Waals surface area contributed by atoms with Crippen molar-refractivity contribution in [1.82, 2.24) is 10.4 Å². The highest BCUT2D eigenvalue weighted by Gasteiger charge is 1.97. The number of hydrogen-bond acceptors (Lipinski definition) is 3. The molecular weight excluding hydrogens is 116 g/mol. The summed E-state index contributed by atoms with van der Waals surface area (Å²) in [6.45, 7) is -2.41. The van der Waals surface area contributed by atoms with E-state index < -0.39 is 6.98 Å². The molecule has 1 rings (SSSR count). The molecule has 0 aromatic rings. The number of aliphatic hydroxyl groups excluding tert-OH is 1. The molecule has 0 unspecified atom stereocenters. The van der Waals surface area contributed by atoms with Crippen LogP contribution in [0.2, 0.25) is 0 Å². The van der Waals surface area contributed by atoms with Crippen LogP contribution in [0.5, 0.6) is 0 Å². The Morgan fingerprint density at radius 3 is 3.56 bits per heavy atom. The molecule has 0 saturated carbocycles. The molecule has 2 N–H and O–H groups in total. The molecule has 0 spiro atoms. The first-order valence-corrected chi connectivity index (χ1v) is 2.58. The highest BCUT2D eigenvalue weighted by Crippen LogP contribution is 1.96. The SMILES string of the molecule is [2H]C([2H])([2H])N1C=CC=C(CO)N1. The van der Waals surface area contributed by atoms with Crippen molar-refractivity contribution in [3.05, 3.63) is 24.0 Å². The minimum atomic E-state index is -2.22. The summed E-state index contributed by atoms with van der Waals surface area (Å²) in [6.07, 6.45) is 4.57. The predicted octanol–water partition coefficient (Wildman–Crippen LogP) is -0.174. The number of nitrogens with one attached hydrogen (secondary N) is 1. The van der Waals surface area contributed by atoms with Crippen LogP contribution in [0, 0.1) is 0 Å². The lowest BCUT2D eigenvalue weighted by Gasteiger charge is -2.20. The molecule has 3 nitrogen and oxygen atoms in total. The van der Waals surface area contributed by atoms with Crippen LogP contribution in [-0.2, 0) is 0 Å². The standard InChI is InChI=1S/C6H10N2O/c1-8-4-2-3-6(5-9)7-8/h2-4,7,9H,5H2,1H3/i1D3. The van der Waals surface area contributed by atoms with Crippen molar-refractivity contribution in [3.8, 4) is 0 Å². The molecule has 0 bridgehead atoms. The lowest BCUT2D eigenvalue weighted by atomic mass is 10.4. The molecule has 0 aromatic carbocycles. The zero-order chi connectivity index (χ0) is 9.19. The Morgan fingerprint density at radius 2 is 2.89 bits per heavy atom. The van der Waals surface area contributed by atoms with E-state index in [1.807, 2.05) is 0 Å². The third kappa shape index (κ3) is 1.47. The Morgan fingerprint density at radius 1 is 2.00 bits per heavy atom. The van der Waals surface area contributed by atoms with E-state index in [0.29, 0.717) is 5.70 Å². The van der Waals surface area contributed by atoms with E-state index in [4.69, 9.17) is 9.22 Å². The average Bonchev–Trinajstić information content (AvgIpc) is 2.03. The summed E-state index contributed by atoms with van der Waals surface area (Å²) in [4.78, 5) is 0. The topological polar surface area (TPSA) is 35.5 Å². The molecule has 0 atom stereocenters. The lowest BCUT2D eigenvalue weighted by molar-refractivity contribution is 0.278. The predicted molar refractivity (Wildman–Crippen MR) is 35.2 cm³/mol. The Bertz CT molecular complexity index is 221. The smallest absolute Gasteiger partial charge is 0.0845 e. The molecule has 0 amide bonds. The van der Waals surface area contributed by atoms with Gasteiger partial charge in [0.2, 0.25) is 0 Å². The Hall–Kier alpha value is -0.960. The van der Waals surface area contributed by atoms with Crippen molar-refractivity contribution in [1.29, 1.82) is 0 Å². The van der Waals surface area contributed by atoms with Crippen LogP contribution in [-0.4, -0.2) is 23.7 Å². The van der Waals surface area contributed by atoms with Gasteiger partial charge in [0, 0.05) is 17.3 Å². The minimum Gasteiger partial charge on any atom is -0.390 e. The van der Waals surface area contributed by atoms with E-state index in [0.717, 1.165) is 5.01 Å². The summed E-state index contributed by atoms with van der Waals surface area (Å²) in [6, 6.07) is 0. The van der Waals surface area contributed by atoms with Gasteiger partial charge in [-0.05, 0) is 12.2 Å². The quantitative estimate of drug-likeness (QED) is 0.516. The number of hydrazine groups is 1. The molecule has 0 saturated heterocycles. The van der Waals surface area contributed by atoms with E-state index in [9.17, 15) is 0 Å².